The predicted octanol–water partition coefficient (Wildman–Crippen LogP) is 3.51. The summed E-state index contributed by atoms with van der Waals surface area (Å²) >= 11 is 5.64. The molecule has 1 aromatic heterocycles. The van der Waals surface area contributed by atoms with E-state index >= 15 is 0 Å². The number of ketones is 1. The van der Waals surface area contributed by atoms with Gasteiger partial charge in [0, 0.05) is 24.1 Å². The van der Waals surface area contributed by atoms with Crippen molar-refractivity contribution < 1.29 is 9.53 Å². The van der Waals surface area contributed by atoms with E-state index < -0.39 is 0 Å². The van der Waals surface area contributed by atoms with Crippen LogP contribution >= 0.6 is 11.6 Å². The number of aromatic nitrogens is 1. The van der Waals surface area contributed by atoms with E-state index in [-0.39, 0.29) is 17.7 Å². The van der Waals surface area contributed by atoms with Gasteiger partial charge in [0.05, 0.1) is 18.5 Å². The Labute approximate surface area is 114 Å². The maximum atomic E-state index is 11.8. The number of aryl methyl sites for hydroxylation is 1. The number of carbonyl (C=O) groups is 1. The largest absolute Gasteiger partial charge is 0.383 e. The Hall–Kier alpha value is -0.800. The van der Waals surface area contributed by atoms with E-state index in [4.69, 9.17) is 16.3 Å². The summed E-state index contributed by atoms with van der Waals surface area (Å²) in [5, 5.41) is 0. The third-order valence-electron chi connectivity index (χ3n) is 3.25. The minimum atomic E-state index is -0.0105. The molecule has 1 aromatic rings. The Kier molecular flexibility index (Phi) is 5.89. The number of Topliss-reactive ketones (excluding diaryl/α,β-unsaturated/α-hetero) is 1. The molecule has 4 heteroatoms. The van der Waals surface area contributed by atoms with Crippen LogP contribution in [0.5, 0.6) is 0 Å². The van der Waals surface area contributed by atoms with Crippen molar-refractivity contribution in [2.24, 2.45) is 0 Å². The van der Waals surface area contributed by atoms with E-state index in [9.17, 15) is 4.79 Å². The lowest BCUT2D eigenvalue weighted by Gasteiger charge is -2.21. The molecule has 1 heterocycles. The van der Waals surface area contributed by atoms with Gasteiger partial charge >= 0.3 is 0 Å². The van der Waals surface area contributed by atoms with Crippen molar-refractivity contribution in [1.82, 2.24) is 4.57 Å². The lowest BCUT2D eigenvalue weighted by Crippen LogP contribution is -2.17. The minimum Gasteiger partial charge on any atom is -0.383 e. The zero-order chi connectivity index (χ0) is 13.7. The van der Waals surface area contributed by atoms with Gasteiger partial charge in [-0.05, 0) is 26.3 Å². The normalized spacial score (nSPS) is 12.7. The van der Waals surface area contributed by atoms with E-state index in [2.05, 4.69) is 11.5 Å². The summed E-state index contributed by atoms with van der Waals surface area (Å²) in [6, 6.07) is 2.22. The number of alkyl halides is 1. The molecule has 1 unspecified atom stereocenters. The number of hydrogen-bond donors (Lipinski definition) is 0. The van der Waals surface area contributed by atoms with Crippen LogP contribution < -0.4 is 0 Å². The number of halogens is 1. The van der Waals surface area contributed by atoms with Gasteiger partial charge in [0.2, 0.25) is 0 Å². The maximum Gasteiger partial charge on any atom is 0.179 e. The summed E-state index contributed by atoms with van der Waals surface area (Å²) < 4.78 is 7.49. The number of carbonyl (C=O) groups excluding carboxylic acids is 1. The van der Waals surface area contributed by atoms with Crippen molar-refractivity contribution in [1.29, 1.82) is 0 Å². The summed E-state index contributed by atoms with van der Waals surface area (Å²) in [6.07, 6.45) is 2.13. The van der Waals surface area contributed by atoms with Gasteiger partial charge in [-0.15, -0.1) is 11.6 Å². The number of methoxy groups -OCH3 is 1. The molecule has 0 spiro atoms. The van der Waals surface area contributed by atoms with Crippen LogP contribution in [-0.4, -0.2) is 29.9 Å². The molecule has 0 aliphatic rings. The summed E-state index contributed by atoms with van der Waals surface area (Å²) in [7, 11) is 1.71. The molecule has 102 valence electrons. The first kappa shape index (κ1) is 15.3. The first-order valence-electron chi connectivity index (χ1n) is 6.33. The smallest absolute Gasteiger partial charge is 0.179 e. The molecular weight excluding hydrogens is 250 g/mol. The van der Waals surface area contributed by atoms with Gasteiger partial charge < -0.3 is 9.30 Å². The molecule has 3 nitrogen and oxygen atoms in total. The van der Waals surface area contributed by atoms with E-state index in [1.165, 1.54) is 0 Å². The SMILES string of the molecule is CCCC(COC)n1c(C)cc(C(=O)CCl)c1C. The second kappa shape index (κ2) is 6.95. The van der Waals surface area contributed by atoms with Gasteiger partial charge in [0.1, 0.15) is 0 Å². The third kappa shape index (κ3) is 3.15. The monoisotopic (exact) mass is 271 g/mol. The Balaban J connectivity index is 3.14. The standard InChI is InChI=1S/C14H22ClNO2/c1-5-6-12(9-18-4)16-10(2)7-13(11(16)3)14(17)8-15/h7,12H,5-6,8-9H2,1-4H3. The summed E-state index contributed by atoms with van der Waals surface area (Å²) in [6.45, 7) is 6.82. The fourth-order valence-electron chi connectivity index (χ4n) is 2.51. The van der Waals surface area contributed by atoms with E-state index in [1.807, 2.05) is 19.9 Å². The lowest BCUT2D eigenvalue weighted by atomic mass is 10.1. The van der Waals surface area contributed by atoms with Gasteiger partial charge in [0.15, 0.2) is 5.78 Å². The Morgan fingerprint density at radius 2 is 2.17 bits per heavy atom. The van der Waals surface area contributed by atoms with Crippen molar-refractivity contribution >= 4 is 17.4 Å². The second-order valence-corrected chi connectivity index (χ2v) is 4.88. The van der Waals surface area contributed by atoms with Crippen LogP contribution in [0.15, 0.2) is 6.07 Å². The number of nitrogens with zero attached hydrogens (tertiary/aromatic N) is 1. The molecule has 0 bridgehead atoms. The van der Waals surface area contributed by atoms with Crippen molar-refractivity contribution in [2.45, 2.75) is 39.7 Å². The molecule has 1 atom stereocenters. The summed E-state index contributed by atoms with van der Waals surface area (Å²) in [4.78, 5) is 11.8. The highest BCUT2D eigenvalue weighted by atomic mass is 35.5. The summed E-state index contributed by atoms with van der Waals surface area (Å²) in [5.74, 6) is 0.0243. The molecule has 0 saturated heterocycles. The van der Waals surface area contributed by atoms with Crippen LogP contribution in [0.4, 0.5) is 0 Å². The zero-order valence-electron chi connectivity index (χ0n) is 11.6. The van der Waals surface area contributed by atoms with Crippen molar-refractivity contribution in [3.8, 4) is 0 Å². The second-order valence-electron chi connectivity index (χ2n) is 4.61. The van der Waals surface area contributed by atoms with Gasteiger partial charge in [-0.1, -0.05) is 13.3 Å². The van der Waals surface area contributed by atoms with Crippen molar-refractivity contribution in [3.63, 3.8) is 0 Å². The van der Waals surface area contributed by atoms with Gasteiger partial charge in [-0.2, -0.15) is 0 Å². The van der Waals surface area contributed by atoms with Crippen LogP contribution in [0.25, 0.3) is 0 Å². The molecule has 0 aromatic carbocycles. The fourth-order valence-corrected chi connectivity index (χ4v) is 2.65. The average molecular weight is 272 g/mol. The van der Waals surface area contributed by atoms with Crippen molar-refractivity contribution in [3.05, 3.63) is 23.0 Å². The molecule has 0 aliphatic heterocycles. The van der Waals surface area contributed by atoms with E-state index in [1.54, 1.807) is 7.11 Å². The van der Waals surface area contributed by atoms with Crippen LogP contribution in [0.3, 0.4) is 0 Å². The lowest BCUT2D eigenvalue weighted by molar-refractivity contribution is 0.101. The Morgan fingerprint density at radius 1 is 1.50 bits per heavy atom. The quantitative estimate of drug-likeness (QED) is 0.561. The molecule has 0 amide bonds. The van der Waals surface area contributed by atoms with Gasteiger partial charge in [-0.3, -0.25) is 4.79 Å². The minimum absolute atomic E-state index is 0.0105. The molecular formula is C14H22ClNO2. The molecule has 0 saturated carbocycles. The molecule has 0 fully saturated rings. The maximum absolute atomic E-state index is 11.8. The van der Waals surface area contributed by atoms with Crippen LogP contribution in [0, 0.1) is 13.8 Å². The van der Waals surface area contributed by atoms with Crippen LogP contribution in [0.1, 0.15) is 47.6 Å². The Bertz CT molecular complexity index is 406. The number of hydrogen-bond acceptors (Lipinski definition) is 2. The average Bonchev–Trinajstić information content (AvgIpc) is 2.64. The number of rotatable bonds is 7. The highest BCUT2D eigenvalue weighted by Gasteiger charge is 2.20. The van der Waals surface area contributed by atoms with Gasteiger partial charge in [0.25, 0.3) is 0 Å². The van der Waals surface area contributed by atoms with Crippen molar-refractivity contribution in [2.75, 3.05) is 19.6 Å². The van der Waals surface area contributed by atoms with E-state index in [0.717, 1.165) is 29.8 Å². The first-order chi connectivity index (χ1) is 8.56. The number of ether oxygens (including phenoxy) is 1. The summed E-state index contributed by atoms with van der Waals surface area (Å²) in [5.41, 5.74) is 2.82. The Morgan fingerprint density at radius 3 is 2.67 bits per heavy atom. The molecule has 0 N–H and O–H groups in total. The van der Waals surface area contributed by atoms with Crippen LogP contribution in [0.2, 0.25) is 0 Å². The zero-order valence-corrected chi connectivity index (χ0v) is 12.4. The molecule has 18 heavy (non-hydrogen) atoms. The fraction of sp³-hybridized carbons (Fsp3) is 0.643. The third-order valence-corrected chi connectivity index (χ3v) is 3.49. The first-order valence-corrected chi connectivity index (χ1v) is 6.86. The van der Waals surface area contributed by atoms with Crippen LogP contribution in [-0.2, 0) is 4.74 Å². The highest BCUT2D eigenvalue weighted by molar-refractivity contribution is 6.30. The molecule has 0 aliphatic carbocycles. The van der Waals surface area contributed by atoms with Gasteiger partial charge in [-0.25, -0.2) is 0 Å². The topological polar surface area (TPSA) is 31.2 Å². The molecule has 1 rings (SSSR count). The molecule has 0 radical (unpaired) electrons. The van der Waals surface area contributed by atoms with E-state index in [0.29, 0.717) is 6.61 Å². The predicted molar refractivity (Wildman–Crippen MR) is 74.8 cm³/mol. The highest BCUT2D eigenvalue weighted by Crippen LogP contribution is 2.24.